The predicted octanol–water partition coefficient (Wildman–Crippen LogP) is 2.36. The second-order valence-corrected chi connectivity index (χ2v) is 3.85. The summed E-state index contributed by atoms with van der Waals surface area (Å²) in [5, 5.41) is 0. The Labute approximate surface area is 101 Å². The summed E-state index contributed by atoms with van der Waals surface area (Å²) in [7, 11) is 1.41. The number of methoxy groups -OCH3 is 1. The highest BCUT2D eigenvalue weighted by atomic mass is 16.5. The van der Waals surface area contributed by atoms with Crippen LogP contribution in [-0.2, 0) is 11.3 Å². The summed E-state index contributed by atoms with van der Waals surface area (Å²) >= 11 is 0. The van der Waals surface area contributed by atoms with Gasteiger partial charge in [0.05, 0.1) is 12.7 Å². The minimum Gasteiger partial charge on any atom is -0.465 e. The Morgan fingerprint density at radius 2 is 2.18 bits per heavy atom. The molecule has 0 fully saturated rings. The first-order valence-electron chi connectivity index (χ1n) is 5.55. The number of esters is 1. The largest absolute Gasteiger partial charge is 0.465 e. The maximum absolute atomic E-state index is 11.6. The van der Waals surface area contributed by atoms with Gasteiger partial charge in [0, 0.05) is 13.1 Å². The van der Waals surface area contributed by atoms with Crippen LogP contribution in [0.4, 0.5) is 0 Å². The molecule has 0 aliphatic carbocycles. The van der Waals surface area contributed by atoms with E-state index in [4.69, 9.17) is 4.74 Å². The van der Waals surface area contributed by atoms with Crippen LogP contribution in [0.3, 0.4) is 0 Å². The molecule has 1 aliphatic heterocycles. The van der Waals surface area contributed by atoms with Gasteiger partial charge in [-0.2, -0.15) is 0 Å². The van der Waals surface area contributed by atoms with Crippen LogP contribution >= 0.6 is 0 Å². The molecule has 0 amide bonds. The van der Waals surface area contributed by atoms with Gasteiger partial charge in [0.1, 0.15) is 0 Å². The van der Waals surface area contributed by atoms with Crippen molar-refractivity contribution >= 4 is 5.97 Å². The molecule has 0 unspecified atom stereocenters. The van der Waals surface area contributed by atoms with Gasteiger partial charge in [0.25, 0.3) is 0 Å². The van der Waals surface area contributed by atoms with E-state index < -0.39 is 0 Å². The lowest BCUT2D eigenvalue weighted by Crippen LogP contribution is -2.20. The monoisotopic (exact) mass is 229 g/mol. The highest BCUT2D eigenvalue weighted by molar-refractivity contribution is 5.90. The summed E-state index contributed by atoms with van der Waals surface area (Å²) in [6.07, 6.45) is 8.11. The average molecular weight is 229 g/mol. The van der Waals surface area contributed by atoms with Crippen LogP contribution in [0.2, 0.25) is 0 Å². The molecule has 2 rings (SSSR count). The SMILES string of the molecule is COC(=O)c1ccccc1CN1C=CC=CC1. The Morgan fingerprint density at radius 3 is 2.88 bits per heavy atom. The second-order valence-electron chi connectivity index (χ2n) is 3.85. The molecule has 17 heavy (non-hydrogen) atoms. The van der Waals surface area contributed by atoms with Crippen LogP contribution in [0.1, 0.15) is 15.9 Å². The molecular formula is C14H15NO2. The summed E-state index contributed by atoms with van der Waals surface area (Å²) in [5.74, 6) is -0.280. The summed E-state index contributed by atoms with van der Waals surface area (Å²) in [6, 6.07) is 7.54. The van der Waals surface area contributed by atoms with Crippen molar-refractivity contribution in [2.24, 2.45) is 0 Å². The van der Waals surface area contributed by atoms with Crippen LogP contribution in [-0.4, -0.2) is 24.5 Å². The fourth-order valence-electron chi connectivity index (χ4n) is 1.81. The molecule has 3 heteroatoms. The van der Waals surface area contributed by atoms with Crippen molar-refractivity contribution in [1.82, 2.24) is 4.90 Å². The first-order valence-corrected chi connectivity index (χ1v) is 5.55. The van der Waals surface area contributed by atoms with E-state index in [1.165, 1.54) is 7.11 Å². The van der Waals surface area contributed by atoms with Crippen LogP contribution < -0.4 is 0 Å². The second kappa shape index (κ2) is 5.34. The zero-order valence-corrected chi connectivity index (χ0v) is 9.80. The standard InChI is InChI=1S/C14H15NO2/c1-17-14(16)13-8-4-3-7-12(13)11-15-9-5-2-6-10-15/h2-9H,10-11H2,1H3. The van der Waals surface area contributed by atoms with Crippen molar-refractivity contribution < 1.29 is 9.53 Å². The van der Waals surface area contributed by atoms with E-state index in [0.717, 1.165) is 12.1 Å². The normalized spacial score (nSPS) is 13.8. The first kappa shape index (κ1) is 11.5. The number of allylic oxidation sites excluding steroid dienone is 2. The van der Waals surface area contributed by atoms with Crippen molar-refractivity contribution in [2.75, 3.05) is 13.7 Å². The van der Waals surface area contributed by atoms with Crippen molar-refractivity contribution in [3.63, 3.8) is 0 Å². The fourth-order valence-corrected chi connectivity index (χ4v) is 1.81. The Kier molecular flexibility index (Phi) is 3.60. The van der Waals surface area contributed by atoms with E-state index in [1.807, 2.05) is 36.6 Å². The van der Waals surface area contributed by atoms with E-state index in [0.29, 0.717) is 12.1 Å². The number of carbonyl (C=O) groups excluding carboxylic acids is 1. The van der Waals surface area contributed by atoms with Gasteiger partial charge in [-0.25, -0.2) is 4.79 Å². The fraction of sp³-hybridized carbons (Fsp3) is 0.214. The smallest absolute Gasteiger partial charge is 0.338 e. The van der Waals surface area contributed by atoms with Gasteiger partial charge in [-0.15, -0.1) is 0 Å². The molecule has 0 atom stereocenters. The van der Waals surface area contributed by atoms with E-state index >= 15 is 0 Å². The number of hydrogen-bond donors (Lipinski definition) is 0. The quantitative estimate of drug-likeness (QED) is 0.745. The van der Waals surface area contributed by atoms with Gasteiger partial charge >= 0.3 is 5.97 Å². The molecule has 0 radical (unpaired) electrons. The molecule has 3 nitrogen and oxygen atoms in total. The van der Waals surface area contributed by atoms with Crippen LogP contribution in [0.5, 0.6) is 0 Å². The first-order chi connectivity index (χ1) is 8.31. The molecule has 0 N–H and O–H groups in total. The predicted molar refractivity (Wildman–Crippen MR) is 66.5 cm³/mol. The number of carbonyl (C=O) groups is 1. The van der Waals surface area contributed by atoms with E-state index in [1.54, 1.807) is 6.07 Å². The van der Waals surface area contributed by atoms with Gasteiger partial charge in [0.15, 0.2) is 0 Å². The summed E-state index contributed by atoms with van der Waals surface area (Å²) in [4.78, 5) is 13.7. The molecule has 0 saturated heterocycles. The van der Waals surface area contributed by atoms with Crippen molar-refractivity contribution in [3.8, 4) is 0 Å². The molecule has 1 aromatic carbocycles. The summed E-state index contributed by atoms with van der Waals surface area (Å²) < 4.78 is 4.78. The molecule has 1 aromatic rings. The molecule has 0 bridgehead atoms. The third-order valence-corrected chi connectivity index (χ3v) is 2.68. The van der Waals surface area contributed by atoms with Gasteiger partial charge in [-0.3, -0.25) is 0 Å². The third kappa shape index (κ3) is 2.75. The zero-order chi connectivity index (χ0) is 12.1. The van der Waals surface area contributed by atoms with Gasteiger partial charge in [-0.1, -0.05) is 30.4 Å². The Morgan fingerprint density at radius 1 is 1.35 bits per heavy atom. The van der Waals surface area contributed by atoms with Crippen LogP contribution in [0.15, 0.2) is 48.7 Å². The van der Waals surface area contributed by atoms with Crippen molar-refractivity contribution in [2.45, 2.75) is 6.54 Å². The van der Waals surface area contributed by atoms with Gasteiger partial charge < -0.3 is 9.64 Å². The molecule has 0 saturated carbocycles. The highest BCUT2D eigenvalue weighted by Crippen LogP contribution is 2.14. The molecule has 0 spiro atoms. The molecule has 88 valence electrons. The number of nitrogens with zero attached hydrogens (tertiary/aromatic N) is 1. The summed E-state index contributed by atoms with van der Waals surface area (Å²) in [5.41, 5.74) is 1.62. The van der Waals surface area contributed by atoms with Gasteiger partial charge in [0.2, 0.25) is 0 Å². The van der Waals surface area contributed by atoms with Crippen molar-refractivity contribution in [3.05, 3.63) is 59.8 Å². The topological polar surface area (TPSA) is 29.5 Å². The van der Waals surface area contributed by atoms with E-state index in [9.17, 15) is 4.79 Å². The van der Waals surface area contributed by atoms with E-state index in [2.05, 4.69) is 11.0 Å². The maximum atomic E-state index is 11.6. The number of hydrogen-bond acceptors (Lipinski definition) is 3. The minimum absolute atomic E-state index is 0.280. The maximum Gasteiger partial charge on any atom is 0.338 e. The van der Waals surface area contributed by atoms with Gasteiger partial charge in [-0.05, 0) is 23.9 Å². The molecular weight excluding hydrogens is 214 g/mol. The number of benzene rings is 1. The minimum atomic E-state index is -0.280. The Balaban J connectivity index is 2.17. The number of rotatable bonds is 3. The highest BCUT2D eigenvalue weighted by Gasteiger charge is 2.12. The Bertz CT molecular complexity index is 463. The molecule has 1 heterocycles. The van der Waals surface area contributed by atoms with Crippen molar-refractivity contribution in [1.29, 1.82) is 0 Å². The van der Waals surface area contributed by atoms with E-state index in [-0.39, 0.29) is 5.97 Å². The lowest BCUT2D eigenvalue weighted by atomic mass is 10.1. The summed E-state index contributed by atoms with van der Waals surface area (Å²) in [6.45, 7) is 1.58. The van der Waals surface area contributed by atoms with Crippen LogP contribution in [0, 0.1) is 0 Å². The molecule has 1 aliphatic rings. The zero-order valence-electron chi connectivity index (χ0n) is 9.80. The lowest BCUT2D eigenvalue weighted by Gasteiger charge is -2.21. The van der Waals surface area contributed by atoms with Crippen LogP contribution in [0.25, 0.3) is 0 Å². The average Bonchev–Trinajstić information content (AvgIpc) is 2.40. The third-order valence-electron chi connectivity index (χ3n) is 2.68. The lowest BCUT2D eigenvalue weighted by molar-refractivity contribution is 0.0598. The Hall–Kier alpha value is -2.03. The molecule has 0 aromatic heterocycles. The number of ether oxygens (including phenoxy) is 1.